The number of hydrogen-bond donors (Lipinski definition) is 0. The molecule has 3 heteroatoms. The first-order valence-corrected chi connectivity index (χ1v) is 6.12. The Morgan fingerprint density at radius 3 is 2.86 bits per heavy atom. The molecule has 1 saturated heterocycles. The summed E-state index contributed by atoms with van der Waals surface area (Å²) < 4.78 is 5.61. The number of rotatable bonds is 4. The Kier molecular flexibility index (Phi) is 5.21. The molecule has 0 amide bonds. The van der Waals surface area contributed by atoms with Gasteiger partial charge in [-0.1, -0.05) is 20.3 Å². The van der Waals surface area contributed by atoms with Crippen LogP contribution in [0.1, 0.15) is 27.2 Å². The van der Waals surface area contributed by atoms with Crippen molar-refractivity contribution >= 4 is 11.6 Å². The predicted molar refractivity (Wildman–Crippen MR) is 61.0 cm³/mol. The molecule has 1 rings (SSSR count). The summed E-state index contributed by atoms with van der Waals surface area (Å²) in [5, 5.41) is 0. The van der Waals surface area contributed by atoms with Crippen molar-refractivity contribution in [2.75, 3.05) is 25.6 Å². The molecule has 0 aromatic carbocycles. The van der Waals surface area contributed by atoms with Gasteiger partial charge in [-0.25, -0.2) is 0 Å². The first-order chi connectivity index (χ1) is 6.67. The lowest BCUT2D eigenvalue weighted by Crippen LogP contribution is -2.50. The molecule has 1 aliphatic heterocycles. The summed E-state index contributed by atoms with van der Waals surface area (Å²) in [7, 11) is 0. The highest BCUT2D eigenvalue weighted by Gasteiger charge is 2.25. The standard InChI is InChI=1S/C11H22ClNO/c1-4-9(2)6-13-7-11(5-12)14-8-10(13)3/h9-11H,4-8H2,1-3H3. The third-order valence-electron chi connectivity index (χ3n) is 3.05. The van der Waals surface area contributed by atoms with Gasteiger partial charge in [0.25, 0.3) is 0 Å². The van der Waals surface area contributed by atoms with Crippen LogP contribution in [0.25, 0.3) is 0 Å². The van der Waals surface area contributed by atoms with Crippen LogP contribution in [0.2, 0.25) is 0 Å². The largest absolute Gasteiger partial charge is 0.374 e. The zero-order valence-electron chi connectivity index (χ0n) is 9.50. The molecular formula is C11H22ClNO. The fourth-order valence-electron chi connectivity index (χ4n) is 1.75. The Hall–Kier alpha value is 0.210. The lowest BCUT2D eigenvalue weighted by Gasteiger charge is -2.38. The molecular weight excluding hydrogens is 198 g/mol. The SMILES string of the molecule is CCC(C)CN1CC(CCl)OCC1C. The molecule has 0 saturated carbocycles. The zero-order chi connectivity index (χ0) is 10.6. The zero-order valence-corrected chi connectivity index (χ0v) is 10.3. The van der Waals surface area contributed by atoms with Gasteiger partial charge < -0.3 is 4.74 Å². The first kappa shape index (κ1) is 12.3. The molecule has 84 valence electrons. The van der Waals surface area contributed by atoms with Crippen molar-refractivity contribution in [3.8, 4) is 0 Å². The third-order valence-corrected chi connectivity index (χ3v) is 3.39. The van der Waals surface area contributed by atoms with Gasteiger partial charge in [-0.15, -0.1) is 11.6 Å². The maximum Gasteiger partial charge on any atom is 0.0837 e. The fourth-order valence-corrected chi connectivity index (χ4v) is 1.94. The molecule has 1 heterocycles. The van der Waals surface area contributed by atoms with Gasteiger partial charge in [0, 0.05) is 25.0 Å². The van der Waals surface area contributed by atoms with Gasteiger partial charge >= 0.3 is 0 Å². The van der Waals surface area contributed by atoms with Crippen molar-refractivity contribution in [3.63, 3.8) is 0 Å². The summed E-state index contributed by atoms with van der Waals surface area (Å²) in [6.45, 7) is 9.77. The number of alkyl halides is 1. The van der Waals surface area contributed by atoms with Crippen molar-refractivity contribution in [1.82, 2.24) is 4.90 Å². The van der Waals surface area contributed by atoms with E-state index < -0.39 is 0 Å². The number of halogens is 1. The minimum absolute atomic E-state index is 0.233. The highest BCUT2D eigenvalue weighted by Crippen LogP contribution is 2.15. The van der Waals surface area contributed by atoms with Crippen LogP contribution in [0.4, 0.5) is 0 Å². The molecule has 0 aliphatic carbocycles. The maximum atomic E-state index is 5.81. The smallest absolute Gasteiger partial charge is 0.0837 e. The van der Waals surface area contributed by atoms with Crippen LogP contribution in [-0.2, 0) is 4.74 Å². The molecule has 0 bridgehead atoms. The van der Waals surface area contributed by atoms with E-state index in [0.29, 0.717) is 11.9 Å². The van der Waals surface area contributed by atoms with E-state index in [1.165, 1.54) is 13.0 Å². The topological polar surface area (TPSA) is 12.5 Å². The second kappa shape index (κ2) is 5.94. The van der Waals surface area contributed by atoms with E-state index in [1.54, 1.807) is 0 Å². The van der Waals surface area contributed by atoms with Crippen LogP contribution in [0.3, 0.4) is 0 Å². The van der Waals surface area contributed by atoms with Gasteiger partial charge in [0.15, 0.2) is 0 Å². The molecule has 3 atom stereocenters. The van der Waals surface area contributed by atoms with Gasteiger partial charge in [0.05, 0.1) is 12.7 Å². The molecule has 14 heavy (non-hydrogen) atoms. The summed E-state index contributed by atoms with van der Waals surface area (Å²) in [6, 6.07) is 0.545. The minimum Gasteiger partial charge on any atom is -0.374 e. The van der Waals surface area contributed by atoms with Crippen LogP contribution in [-0.4, -0.2) is 42.6 Å². The van der Waals surface area contributed by atoms with Crippen LogP contribution in [0.15, 0.2) is 0 Å². The van der Waals surface area contributed by atoms with E-state index >= 15 is 0 Å². The summed E-state index contributed by atoms with van der Waals surface area (Å²) in [4.78, 5) is 2.50. The highest BCUT2D eigenvalue weighted by molar-refractivity contribution is 6.18. The molecule has 0 N–H and O–H groups in total. The fraction of sp³-hybridized carbons (Fsp3) is 1.00. The van der Waals surface area contributed by atoms with E-state index in [0.717, 1.165) is 19.1 Å². The molecule has 1 aliphatic rings. The monoisotopic (exact) mass is 219 g/mol. The third kappa shape index (κ3) is 3.41. The Bertz CT molecular complexity index is 163. The van der Waals surface area contributed by atoms with Crippen molar-refractivity contribution in [3.05, 3.63) is 0 Å². The first-order valence-electron chi connectivity index (χ1n) is 5.59. The van der Waals surface area contributed by atoms with Gasteiger partial charge in [-0.3, -0.25) is 4.90 Å². The average molecular weight is 220 g/mol. The van der Waals surface area contributed by atoms with Crippen LogP contribution < -0.4 is 0 Å². The van der Waals surface area contributed by atoms with Gasteiger partial charge in [-0.05, 0) is 12.8 Å². The van der Waals surface area contributed by atoms with Crippen molar-refractivity contribution in [2.24, 2.45) is 5.92 Å². The van der Waals surface area contributed by atoms with Crippen LogP contribution >= 0.6 is 11.6 Å². The molecule has 3 unspecified atom stereocenters. The molecule has 0 aromatic rings. The van der Waals surface area contributed by atoms with Gasteiger partial charge in [-0.2, -0.15) is 0 Å². The molecule has 2 nitrogen and oxygen atoms in total. The predicted octanol–water partition coefficient (Wildman–Crippen LogP) is 2.36. The quantitative estimate of drug-likeness (QED) is 0.674. The van der Waals surface area contributed by atoms with Crippen molar-refractivity contribution < 1.29 is 4.74 Å². The lowest BCUT2D eigenvalue weighted by atomic mass is 10.1. The summed E-state index contributed by atoms with van der Waals surface area (Å²) in [5.74, 6) is 1.38. The molecule has 0 spiro atoms. The van der Waals surface area contributed by atoms with E-state index in [2.05, 4.69) is 25.7 Å². The molecule has 0 aromatic heterocycles. The molecule has 0 radical (unpaired) electrons. The summed E-state index contributed by atoms with van der Waals surface area (Å²) >= 11 is 5.81. The Morgan fingerprint density at radius 2 is 2.29 bits per heavy atom. The van der Waals surface area contributed by atoms with Gasteiger partial charge in [0.2, 0.25) is 0 Å². The van der Waals surface area contributed by atoms with Crippen molar-refractivity contribution in [2.45, 2.75) is 39.3 Å². The van der Waals surface area contributed by atoms with E-state index in [9.17, 15) is 0 Å². The second-order valence-corrected chi connectivity index (χ2v) is 4.73. The average Bonchev–Trinajstić information content (AvgIpc) is 2.21. The lowest BCUT2D eigenvalue weighted by molar-refractivity contribution is -0.0520. The van der Waals surface area contributed by atoms with Crippen LogP contribution in [0, 0.1) is 5.92 Å². The normalized spacial score (nSPS) is 31.7. The molecule has 1 fully saturated rings. The number of hydrogen-bond acceptors (Lipinski definition) is 2. The van der Waals surface area contributed by atoms with E-state index in [1.807, 2.05) is 0 Å². The number of ether oxygens (including phenoxy) is 1. The highest BCUT2D eigenvalue weighted by atomic mass is 35.5. The van der Waals surface area contributed by atoms with Gasteiger partial charge in [0.1, 0.15) is 0 Å². The van der Waals surface area contributed by atoms with E-state index in [4.69, 9.17) is 16.3 Å². The number of morpholine rings is 1. The maximum absolute atomic E-state index is 5.81. The second-order valence-electron chi connectivity index (χ2n) is 4.43. The Morgan fingerprint density at radius 1 is 1.57 bits per heavy atom. The Balaban J connectivity index is 2.40. The Labute approximate surface area is 92.6 Å². The summed E-state index contributed by atoms with van der Waals surface area (Å²) in [6.07, 6.45) is 1.48. The van der Waals surface area contributed by atoms with Crippen LogP contribution in [0.5, 0.6) is 0 Å². The van der Waals surface area contributed by atoms with E-state index in [-0.39, 0.29) is 6.10 Å². The summed E-state index contributed by atoms with van der Waals surface area (Å²) in [5.41, 5.74) is 0. The van der Waals surface area contributed by atoms with Crippen molar-refractivity contribution in [1.29, 1.82) is 0 Å². The number of nitrogens with zero attached hydrogens (tertiary/aromatic N) is 1. The minimum atomic E-state index is 0.233.